The monoisotopic (exact) mass is 367 g/mol. The molecule has 0 bridgehead atoms. The van der Waals surface area contributed by atoms with Crippen LogP contribution in [0.15, 0.2) is 36.4 Å². The smallest absolute Gasteiger partial charge is 0.228 e. The zero-order valence-electron chi connectivity index (χ0n) is 15.1. The van der Waals surface area contributed by atoms with E-state index in [0.29, 0.717) is 11.6 Å². The second-order valence-electron chi connectivity index (χ2n) is 6.25. The first-order chi connectivity index (χ1) is 12.4. The Bertz CT molecular complexity index is 978. The summed E-state index contributed by atoms with van der Waals surface area (Å²) < 4.78 is 0.952. The summed E-state index contributed by atoms with van der Waals surface area (Å²) >= 11 is 1.41. The minimum Gasteiger partial charge on any atom is -0.326 e. The minimum atomic E-state index is -0.0587. The van der Waals surface area contributed by atoms with Crippen molar-refractivity contribution in [2.75, 3.05) is 10.6 Å². The lowest BCUT2D eigenvalue weighted by Crippen LogP contribution is -2.14. The molecule has 0 radical (unpaired) electrons. The van der Waals surface area contributed by atoms with Crippen molar-refractivity contribution < 1.29 is 9.59 Å². The molecule has 0 spiro atoms. The van der Waals surface area contributed by atoms with E-state index in [4.69, 9.17) is 0 Å². The number of carbonyl (C=O) groups is 2. The number of benzene rings is 2. The van der Waals surface area contributed by atoms with E-state index >= 15 is 0 Å². The van der Waals surface area contributed by atoms with Gasteiger partial charge in [0.05, 0.1) is 16.6 Å². The molecule has 26 heavy (non-hydrogen) atoms. The topological polar surface area (TPSA) is 71.1 Å². The Morgan fingerprint density at radius 3 is 2.54 bits per heavy atom. The number of anilines is 2. The Hall–Kier alpha value is -2.73. The molecule has 1 heterocycles. The van der Waals surface area contributed by atoms with Gasteiger partial charge in [0, 0.05) is 12.1 Å². The number of carbonyl (C=O) groups excluding carboxylic acids is 2. The number of aryl methyl sites for hydroxylation is 2. The lowest BCUT2D eigenvalue weighted by molar-refractivity contribution is -0.116. The molecule has 2 N–H and O–H groups in total. The number of aromatic nitrogens is 1. The van der Waals surface area contributed by atoms with Gasteiger partial charge in [0.1, 0.15) is 0 Å². The Morgan fingerprint density at radius 1 is 1.00 bits per heavy atom. The lowest BCUT2D eigenvalue weighted by Gasteiger charge is -2.08. The van der Waals surface area contributed by atoms with Crippen LogP contribution in [0.25, 0.3) is 10.2 Å². The maximum Gasteiger partial charge on any atom is 0.228 e. The molecule has 0 saturated carbocycles. The average molecular weight is 367 g/mol. The summed E-state index contributed by atoms with van der Waals surface area (Å²) in [5, 5.41) is 6.30. The van der Waals surface area contributed by atoms with Crippen molar-refractivity contribution in [3.63, 3.8) is 0 Å². The van der Waals surface area contributed by atoms with Crippen LogP contribution in [0.1, 0.15) is 30.0 Å². The normalized spacial score (nSPS) is 10.7. The number of hydrogen-bond acceptors (Lipinski definition) is 4. The zero-order valence-corrected chi connectivity index (χ0v) is 15.9. The molecule has 3 rings (SSSR count). The molecule has 2 amide bonds. The maximum absolute atomic E-state index is 12.3. The molecular weight excluding hydrogens is 346 g/mol. The highest BCUT2D eigenvalue weighted by Gasteiger charge is 2.10. The number of hydrogen-bond donors (Lipinski definition) is 2. The molecule has 0 aliphatic carbocycles. The van der Waals surface area contributed by atoms with E-state index in [2.05, 4.69) is 15.6 Å². The van der Waals surface area contributed by atoms with Gasteiger partial charge >= 0.3 is 0 Å². The summed E-state index contributed by atoms with van der Waals surface area (Å²) in [6.07, 6.45) is 0.706. The fourth-order valence-electron chi connectivity index (χ4n) is 2.55. The Labute approximate surface area is 156 Å². The number of nitrogens with zero attached hydrogens (tertiary/aromatic N) is 1. The number of fused-ring (bicyclic) bond motifs is 1. The quantitative estimate of drug-likeness (QED) is 0.700. The summed E-state index contributed by atoms with van der Waals surface area (Å²) in [5.41, 5.74) is 4.89. The third kappa shape index (κ3) is 4.26. The molecule has 0 fully saturated rings. The fraction of sp³-hybridized carbons (Fsp3) is 0.250. The minimum absolute atomic E-state index is 0.0583. The summed E-state index contributed by atoms with van der Waals surface area (Å²) in [6, 6.07) is 11.6. The molecule has 0 unspecified atom stereocenters. The van der Waals surface area contributed by atoms with Crippen molar-refractivity contribution in [1.82, 2.24) is 4.98 Å². The summed E-state index contributed by atoms with van der Waals surface area (Å²) in [6.45, 7) is 5.87. The van der Waals surface area contributed by atoms with Gasteiger partial charge < -0.3 is 10.6 Å². The molecule has 3 aromatic rings. The van der Waals surface area contributed by atoms with Gasteiger partial charge in [-0.1, -0.05) is 30.4 Å². The third-order valence-corrected chi connectivity index (χ3v) is 5.11. The first kappa shape index (κ1) is 18.1. The van der Waals surface area contributed by atoms with E-state index in [0.717, 1.165) is 27.0 Å². The molecule has 134 valence electrons. The Balaban J connectivity index is 1.70. The maximum atomic E-state index is 12.3. The summed E-state index contributed by atoms with van der Waals surface area (Å²) in [5.74, 6) is -0.117. The van der Waals surface area contributed by atoms with Crippen molar-refractivity contribution in [3.8, 4) is 0 Å². The Kier molecular flexibility index (Phi) is 5.32. The van der Waals surface area contributed by atoms with Gasteiger partial charge in [-0.05, 0) is 54.8 Å². The van der Waals surface area contributed by atoms with Gasteiger partial charge in [-0.3, -0.25) is 9.59 Å². The van der Waals surface area contributed by atoms with E-state index in [1.807, 2.05) is 50.2 Å². The zero-order chi connectivity index (χ0) is 18.7. The van der Waals surface area contributed by atoms with Crippen molar-refractivity contribution in [3.05, 3.63) is 53.1 Å². The van der Waals surface area contributed by atoms with Gasteiger partial charge in [0.25, 0.3) is 0 Å². The molecular formula is C20H21N3O2S. The van der Waals surface area contributed by atoms with Crippen LogP contribution in [0.2, 0.25) is 0 Å². The van der Waals surface area contributed by atoms with Crippen molar-refractivity contribution >= 4 is 44.2 Å². The molecule has 1 aromatic heterocycles. The van der Waals surface area contributed by atoms with Gasteiger partial charge in [-0.2, -0.15) is 0 Å². The van der Waals surface area contributed by atoms with Crippen LogP contribution in [-0.4, -0.2) is 16.8 Å². The number of rotatable bonds is 5. The highest BCUT2D eigenvalue weighted by molar-refractivity contribution is 7.22. The first-order valence-electron chi connectivity index (χ1n) is 8.51. The second kappa shape index (κ2) is 7.66. The average Bonchev–Trinajstić information content (AvgIpc) is 2.99. The largest absolute Gasteiger partial charge is 0.326 e. The van der Waals surface area contributed by atoms with E-state index in [-0.39, 0.29) is 18.2 Å². The van der Waals surface area contributed by atoms with Crippen molar-refractivity contribution in [2.24, 2.45) is 0 Å². The molecule has 2 aromatic carbocycles. The van der Waals surface area contributed by atoms with E-state index < -0.39 is 0 Å². The van der Waals surface area contributed by atoms with Gasteiger partial charge in [0.15, 0.2) is 5.13 Å². The molecule has 0 atom stereocenters. The summed E-state index contributed by atoms with van der Waals surface area (Å²) in [7, 11) is 0. The van der Waals surface area contributed by atoms with Crippen molar-refractivity contribution in [2.45, 2.75) is 33.6 Å². The second-order valence-corrected chi connectivity index (χ2v) is 7.28. The van der Waals surface area contributed by atoms with Crippen molar-refractivity contribution in [1.29, 1.82) is 0 Å². The first-order valence-corrected chi connectivity index (χ1v) is 9.32. The predicted octanol–water partition coefficient (Wildman–Crippen LogP) is 4.44. The van der Waals surface area contributed by atoms with Crippen LogP contribution in [0, 0.1) is 13.8 Å². The van der Waals surface area contributed by atoms with Gasteiger partial charge in [-0.15, -0.1) is 0 Å². The molecule has 0 aliphatic rings. The molecule has 0 aliphatic heterocycles. The van der Waals surface area contributed by atoms with Gasteiger partial charge in [0.2, 0.25) is 11.8 Å². The van der Waals surface area contributed by atoms with Crippen LogP contribution >= 0.6 is 11.3 Å². The van der Waals surface area contributed by atoms with Crippen LogP contribution < -0.4 is 10.6 Å². The fourth-order valence-corrected chi connectivity index (χ4v) is 3.50. The highest BCUT2D eigenvalue weighted by atomic mass is 32.1. The predicted molar refractivity (Wildman–Crippen MR) is 107 cm³/mol. The van der Waals surface area contributed by atoms with Crippen LogP contribution in [-0.2, 0) is 16.0 Å². The molecule has 0 saturated heterocycles. The number of thiazole rings is 1. The third-order valence-electron chi connectivity index (χ3n) is 4.18. The number of amides is 2. The van der Waals surface area contributed by atoms with Crippen LogP contribution in [0.3, 0.4) is 0 Å². The van der Waals surface area contributed by atoms with E-state index in [1.54, 1.807) is 6.92 Å². The number of nitrogens with one attached hydrogen (secondary N) is 2. The van der Waals surface area contributed by atoms with Crippen LogP contribution in [0.4, 0.5) is 10.8 Å². The summed E-state index contributed by atoms with van der Waals surface area (Å²) in [4.78, 5) is 28.2. The van der Waals surface area contributed by atoms with Gasteiger partial charge in [-0.25, -0.2) is 4.98 Å². The highest BCUT2D eigenvalue weighted by Crippen LogP contribution is 2.27. The molecule has 5 nitrogen and oxygen atoms in total. The lowest BCUT2D eigenvalue weighted by atomic mass is 10.1. The SMILES string of the molecule is CCC(=O)Nc1nc2ccc(CC(=O)Nc3ccc(C)c(C)c3)cc2s1. The standard InChI is InChI=1S/C20H21N3O2S/c1-4-18(24)23-20-22-16-8-6-14(10-17(16)26-20)11-19(25)21-15-7-5-12(2)13(3)9-15/h5-10H,4,11H2,1-3H3,(H,21,25)(H,22,23,24). The molecule has 6 heteroatoms. The van der Waals surface area contributed by atoms with Crippen LogP contribution in [0.5, 0.6) is 0 Å². The Morgan fingerprint density at radius 2 is 1.81 bits per heavy atom. The van der Waals surface area contributed by atoms with E-state index in [9.17, 15) is 9.59 Å². The van der Waals surface area contributed by atoms with E-state index in [1.165, 1.54) is 16.9 Å².